The first-order chi connectivity index (χ1) is 8.08. The maximum atomic E-state index is 10.7. The van der Waals surface area contributed by atoms with Gasteiger partial charge in [0.2, 0.25) is 0 Å². The predicted octanol–water partition coefficient (Wildman–Crippen LogP) is 1.37. The first-order valence-corrected chi connectivity index (χ1v) is 6.58. The maximum absolute atomic E-state index is 10.7. The van der Waals surface area contributed by atoms with Gasteiger partial charge in [0.1, 0.15) is 0 Å². The highest BCUT2D eigenvalue weighted by Gasteiger charge is 2.45. The number of methoxy groups -OCH3 is 2. The fourth-order valence-corrected chi connectivity index (χ4v) is 3.47. The van der Waals surface area contributed by atoms with Crippen LogP contribution >= 0.6 is 0 Å². The Balaban J connectivity index is 1.88. The third-order valence-electron chi connectivity index (χ3n) is 4.59. The molecule has 100 valence electrons. The number of piperidine rings is 1. The zero-order chi connectivity index (χ0) is 12.5. The molecule has 0 aromatic heterocycles. The SMILES string of the molecule is COC(CCC1(O)CC2CCC(C1)N2C)OC. The van der Waals surface area contributed by atoms with Crippen molar-refractivity contribution in [1.82, 2.24) is 4.90 Å². The van der Waals surface area contributed by atoms with Gasteiger partial charge in [-0.25, -0.2) is 0 Å². The van der Waals surface area contributed by atoms with Gasteiger partial charge in [-0.15, -0.1) is 0 Å². The molecule has 4 nitrogen and oxygen atoms in total. The molecule has 0 aromatic rings. The Morgan fingerprint density at radius 3 is 2.24 bits per heavy atom. The molecule has 2 atom stereocenters. The Morgan fingerprint density at radius 1 is 1.24 bits per heavy atom. The first-order valence-electron chi connectivity index (χ1n) is 6.58. The Hall–Kier alpha value is -0.160. The lowest BCUT2D eigenvalue weighted by Gasteiger charge is -2.42. The summed E-state index contributed by atoms with van der Waals surface area (Å²) in [5.41, 5.74) is -0.506. The lowest BCUT2D eigenvalue weighted by atomic mass is 9.83. The zero-order valence-electron chi connectivity index (χ0n) is 11.2. The highest BCUT2D eigenvalue weighted by molar-refractivity contribution is 5.00. The van der Waals surface area contributed by atoms with Crippen LogP contribution in [0.4, 0.5) is 0 Å². The lowest BCUT2D eigenvalue weighted by Crippen LogP contribution is -2.49. The number of aliphatic hydroxyl groups is 1. The minimum Gasteiger partial charge on any atom is -0.390 e. The molecule has 2 bridgehead atoms. The van der Waals surface area contributed by atoms with E-state index in [9.17, 15) is 5.11 Å². The number of rotatable bonds is 5. The molecule has 2 unspecified atom stereocenters. The molecular weight excluding hydrogens is 218 g/mol. The lowest BCUT2D eigenvalue weighted by molar-refractivity contribution is -0.125. The summed E-state index contributed by atoms with van der Waals surface area (Å²) in [6, 6.07) is 1.14. The second kappa shape index (κ2) is 5.22. The normalized spacial score (nSPS) is 37.9. The quantitative estimate of drug-likeness (QED) is 0.741. The van der Waals surface area contributed by atoms with Crippen molar-refractivity contribution in [2.45, 2.75) is 62.5 Å². The Bertz CT molecular complexity index is 241. The minimum atomic E-state index is -0.506. The second-order valence-electron chi connectivity index (χ2n) is 5.62. The molecule has 1 N–H and O–H groups in total. The fourth-order valence-electron chi connectivity index (χ4n) is 3.47. The summed E-state index contributed by atoms with van der Waals surface area (Å²) in [6.07, 6.45) is 5.65. The smallest absolute Gasteiger partial charge is 0.156 e. The summed E-state index contributed by atoms with van der Waals surface area (Å²) in [6.45, 7) is 0. The van der Waals surface area contributed by atoms with Crippen LogP contribution in [0, 0.1) is 0 Å². The van der Waals surface area contributed by atoms with Crippen LogP contribution in [0.5, 0.6) is 0 Å². The molecule has 2 aliphatic heterocycles. The molecule has 0 amide bonds. The Kier molecular flexibility index (Phi) is 4.08. The molecule has 0 aromatic carbocycles. The summed E-state index contributed by atoms with van der Waals surface area (Å²) in [5, 5.41) is 10.7. The fraction of sp³-hybridized carbons (Fsp3) is 1.00. The molecule has 0 aliphatic carbocycles. The van der Waals surface area contributed by atoms with E-state index in [1.54, 1.807) is 14.2 Å². The summed E-state index contributed by atoms with van der Waals surface area (Å²) < 4.78 is 10.4. The maximum Gasteiger partial charge on any atom is 0.156 e. The van der Waals surface area contributed by atoms with E-state index in [1.165, 1.54) is 12.8 Å². The summed E-state index contributed by atoms with van der Waals surface area (Å²) >= 11 is 0. The van der Waals surface area contributed by atoms with Crippen LogP contribution in [0.1, 0.15) is 38.5 Å². The van der Waals surface area contributed by atoms with Crippen LogP contribution in [0.15, 0.2) is 0 Å². The number of nitrogens with zero attached hydrogens (tertiary/aromatic N) is 1. The largest absolute Gasteiger partial charge is 0.390 e. The van der Waals surface area contributed by atoms with E-state index in [1.807, 2.05) is 0 Å². The first kappa shape index (κ1) is 13.3. The van der Waals surface area contributed by atoms with Crippen molar-refractivity contribution in [2.24, 2.45) is 0 Å². The predicted molar refractivity (Wildman–Crippen MR) is 65.8 cm³/mol. The van der Waals surface area contributed by atoms with Crippen molar-refractivity contribution in [3.05, 3.63) is 0 Å². The van der Waals surface area contributed by atoms with Gasteiger partial charge in [-0.05, 0) is 39.2 Å². The van der Waals surface area contributed by atoms with Crippen molar-refractivity contribution in [3.8, 4) is 0 Å². The van der Waals surface area contributed by atoms with Gasteiger partial charge in [0.15, 0.2) is 6.29 Å². The molecule has 0 spiro atoms. The summed E-state index contributed by atoms with van der Waals surface area (Å²) in [7, 11) is 5.49. The van der Waals surface area contributed by atoms with Crippen LogP contribution < -0.4 is 0 Å². The molecule has 2 aliphatic rings. The van der Waals surface area contributed by atoms with Gasteiger partial charge in [0.25, 0.3) is 0 Å². The van der Waals surface area contributed by atoms with E-state index in [4.69, 9.17) is 9.47 Å². The van der Waals surface area contributed by atoms with E-state index >= 15 is 0 Å². The molecule has 2 rings (SSSR count). The van der Waals surface area contributed by atoms with Crippen molar-refractivity contribution >= 4 is 0 Å². The van der Waals surface area contributed by atoms with E-state index < -0.39 is 5.60 Å². The molecular formula is C13H25NO3. The highest BCUT2D eigenvalue weighted by atomic mass is 16.7. The van der Waals surface area contributed by atoms with Gasteiger partial charge in [-0.3, -0.25) is 0 Å². The molecule has 4 heteroatoms. The molecule has 0 radical (unpaired) electrons. The van der Waals surface area contributed by atoms with Gasteiger partial charge in [0.05, 0.1) is 5.60 Å². The van der Waals surface area contributed by atoms with E-state index in [0.717, 1.165) is 25.7 Å². The van der Waals surface area contributed by atoms with Gasteiger partial charge >= 0.3 is 0 Å². The van der Waals surface area contributed by atoms with Crippen molar-refractivity contribution in [3.63, 3.8) is 0 Å². The summed E-state index contributed by atoms with van der Waals surface area (Å²) in [4.78, 5) is 2.44. The Morgan fingerprint density at radius 2 is 1.76 bits per heavy atom. The average Bonchev–Trinajstić information content (AvgIpc) is 2.53. The number of hydrogen-bond acceptors (Lipinski definition) is 4. The molecule has 17 heavy (non-hydrogen) atoms. The number of ether oxygens (including phenoxy) is 2. The van der Waals surface area contributed by atoms with Gasteiger partial charge in [0, 0.05) is 32.7 Å². The van der Waals surface area contributed by atoms with Crippen molar-refractivity contribution < 1.29 is 14.6 Å². The molecule has 0 saturated carbocycles. The van der Waals surface area contributed by atoms with Crippen molar-refractivity contribution in [1.29, 1.82) is 0 Å². The van der Waals surface area contributed by atoms with Gasteiger partial charge < -0.3 is 19.5 Å². The third-order valence-corrected chi connectivity index (χ3v) is 4.59. The summed E-state index contributed by atoms with van der Waals surface area (Å²) in [5.74, 6) is 0. The van der Waals surface area contributed by atoms with Crippen LogP contribution in [0.2, 0.25) is 0 Å². The number of hydrogen-bond donors (Lipinski definition) is 1. The zero-order valence-corrected chi connectivity index (χ0v) is 11.2. The molecule has 2 fully saturated rings. The average molecular weight is 243 g/mol. The van der Waals surface area contributed by atoms with E-state index in [-0.39, 0.29) is 6.29 Å². The highest BCUT2D eigenvalue weighted by Crippen LogP contribution is 2.41. The van der Waals surface area contributed by atoms with Gasteiger partial charge in [-0.2, -0.15) is 0 Å². The van der Waals surface area contributed by atoms with Crippen LogP contribution in [-0.2, 0) is 9.47 Å². The molecule has 2 saturated heterocycles. The van der Waals surface area contributed by atoms with Gasteiger partial charge in [-0.1, -0.05) is 0 Å². The van der Waals surface area contributed by atoms with Crippen LogP contribution in [-0.4, -0.2) is 55.2 Å². The monoisotopic (exact) mass is 243 g/mol. The Labute approximate surface area is 104 Å². The van der Waals surface area contributed by atoms with E-state index in [0.29, 0.717) is 12.1 Å². The van der Waals surface area contributed by atoms with Crippen molar-refractivity contribution in [2.75, 3.05) is 21.3 Å². The van der Waals surface area contributed by atoms with Crippen LogP contribution in [0.3, 0.4) is 0 Å². The standard InChI is InChI=1S/C13H25NO3/c1-14-10-4-5-11(14)9-13(15,8-10)7-6-12(16-2)17-3/h10-12,15H,4-9H2,1-3H3. The minimum absolute atomic E-state index is 0.184. The molecule has 2 heterocycles. The van der Waals surface area contributed by atoms with E-state index in [2.05, 4.69) is 11.9 Å². The number of fused-ring (bicyclic) bond motifs is 2. The topological polar surface area (TPSA) is 41.9 Å². The van der Waals surface area contributed by atoms with Crippen LogP contribution in [0.25, 0.3) is 0 Å². The second-order valence-corrected chi connectivity index (χ2v) is 5.62. The third kappa shape index (κ3) is 2.81.